The molecule has 0 spiro atoms. The van der Waals surface area contributed by atoms with Crippen LogP contribution in [0.25, 0.3) is 11.0 Å². The van der Waals surface area contributed by atoms with Crippen LogP contribution in [0.5, 0.6) is 0 Å². The summed E-state index contributed by atoms with van der Waals surface area (Å²) in [5.41, 5.74) is 9.46. The molecule has 2 aromatic carbocycles. The van der Waals surface area contributed by atoms with Gasteiger partial charge in [-0.1, -0.05) is 18.2 Å². The van der Waals surface area contributed by atoms with Crippen molar-refractivity contribution in [3.63, 3.8) is 0 Å². The summed E-state index contributed by atoms with van der Waals surface area (Å²) in [6, 6.07) is 12.6. The van der Waals surface area contributed by atoms with Crippen LogP contribution in [0, 0.1) is 5.82 Å². The third-order valence-electron chi connectivity index (χ3n) is 3.43. The Morgan fingerprint density at radius 2 is 1.95 bits per heavy atom. The lowest BCUT2D eigenvalue weighted by Gasteiger charge is -2.08. The van der Waals surface area contributed by atoms with Crippen molar-refractivity contribution in [2.75, 3.05) is 0 Å². The number of hydrogen-bond donors (Lipinski definition) is 3. The number of benzene rings is 2. The quantitative estimate of drug-likeness (QED) is 0.674. The van der Waals surface area contributed by atoms with Gasteiger partial charge in [-0.15, -0.1) is 0 Å². The van der Waals surface area contributed by atoms with Crippen LogP contribution in [0.2, 0.25) is 0 Å². The van der Waals surface area contributed by atoms with Crippen molar-refractivity contribution >= 4 is 11.0 Å². The molecule has 4 N–H and O–H groups in total. The summed E-state index contributed by atoms with van der Waals surface area (Å²) in [6.07, 6.45) is 0. The van der Waals surface area contributed by atoms with E-state index in [9.17, 15) is 4.39 Å². The first-order valence-electron chi connectivity index (χ1n) is 6.88. The standard InChI is InChI=1S/C16H17FN4/c17-13-6-5-11(8-18)12(7-13)9-19-10-16-20-14-3-1-2-4-15(14)21-16/h1-7,19H,8-10,18H2,(H,20,21). The number of nitrogens with two attached hydrogens (primary N) is 1. The number of hydrogen-bond acceptors (Lipinski definition) is 3. The summed E-state index contributed by atoms with van der Waals surface area (Å²) < 4.78 is 13.3. The predicted molar refractivity (Wildman–Crippen MR) is 80.9 cm³/mol. The van der Waals surface area contributed by atoms with Crippen LogP contribution in [0.1, 0.15) is 17.0 Å². The summed E-state index contributed by atoms with van der Waals surface area (Å²) in [4.78, 5) is 7.74. The van der Waals surface area contributed by atoms with Gasteiger partial charge in [0.2, 0.25) is 0 Å². The zero-order valence-corrected chi connectivity index (χ0v) is 11.6. The number of aromatic nitrogens is 2. The van der Waals surface area contributed by atoms with Crippen LogP contribution in [-0.2, 0) is 19.6 Å². The molecule has 0 bridgehead atoms. The lowest BCUT2D eigenvalue weighted by molar-refractivity contribution is 0.615. The molecule has 5 heteroatoms. The highest BCUT2D eigenvalue weighted by molar-refractivity contribution is 5.74. The third kappa shape index (κ3) is 3.09. The van der Waals surface area contributed by atoms with Crippen molar-refractivity contribution in [3.05, 3.63) is 65.2 Å². The van der Waals surface area contributed by atoms with E-state index in [4.69, 9.17) is 5.73 Å². The van der Waals surface area contributed by atoms with Crippen LogP contribution in [0.3, 0.4) is 0 Å². The first-order valence-corrected chi connectivity index (χ1v) is 6.88. The second-order valence-electron chi connectivity index (χ2n) is 4.92. The van der Waals surface area contributed by atoms with E-state index in [2.05, 4.69) is 15.3 Å². The average molecular weight is 284 g/mol. The van der Waals surface area contributed by atoms with E-state index >= 15 is 0 Å². The Balaban J connectivity index is 1.67. The number of fused-ring (bicyclic) bond motifs is 1. The number of halogens is 1. The lowest BCUT2D eigenvalue weighted by atomic mass is 10.1. The molecule has 0 aliphatic carbocycles. The molecule has 4 nitrogen and oxygen atoms in total. The minimum Gasteiger partial charge on any atom is -0.341 e. The minimum absolute atomic E-state index is 0.243. The van der Waals surface area contributed by atoms with Gasteiger partial charge in [-0.2, -0.15) is 0 Å². The SMILES string of the molecule is NCc1ccc(F)cc1CNCc1nc2ccccc2[nH]1. The predicted octanol–water partition coefficient (Wildman–Crippen LogP) is 2.45. The smallest absolute Gasteiger partial charge is 0.123 e. The molecule has 0 amide bonds. The van der Waals surface area contributed by atoms with Gasteiger partial charge in [-0.05, 0) is 35.4 Å². The second-order valence-corrected chi connectivity index (χ2v) is 4.92. The summed E-state index contributed by atoms with van der Waals surface area (Å²) >= 11 is 0. The Morgan fingerprint density at radius 1 is 1.10 bits per heavy atom. The van der Waals surface area contributed by atoms with Crippen molar-refractivity contribution in [3.8, 4) is 0 Å². The monoisotopic (exact) mass is 284 g/mol. The van der Waals surface area contributed by atoms with E-state index in [1.165, 1.54) is 12.1 Å². The van der Waals surface area contributed by atoms with Crippen LogP contribution in [0.4, 0.5) is 4.39 Å². The van der Waals surface area contributed by atoms with Gasteiger partial charge in [0.25, 0.3) is 0 Å². The highest BCUT2D eigenvalue weighted by Crippen LogP contribution is 2.12. The summed E-state index contributed by atoms with van der Waals surface area (Å²) in [5.74, 6) is 0.620. The number of para-hydroxylation sites is 2. The molecule has 0 atom stereocenters. The maximum atomic E-state index is 13.3. The molecule has 3 rings (SSSR count). The fourth-order valence-corrected chi connectivity index (χ4v) is 2.36. The molecule has 1 aromatic heterocycles. The van der Waals surface area contributed by atoms with E-state index in [0.717, 1.165) is 28.0 Å². The van der Waals surface area contributed by atoms with Crippen molar-refractivity contribution in [1.82, 2.24) is 15.3 Å². The van der Waals surface area contributed by atoms with E-state index < -0.39 is 0 Å². The third-order valence-corrected chi connectivity index (χ3v) is 3.43. The molecule has 0 aliphatic rings. The first-order chi connectivity index (χ1) is 10.3. The van der Waals surface area contributed by atoms with Gasteiger partial charge < -0.3 is 16.0 Å². The van der Waals surface area contributed by atoms with Gasteiger partial charge in [0, 0.05) is 13.1 Å². The number of aromatic amines is 1. The molecule has 0 unspecified atom stereocenters. The van der Waals surface area contributed by atoms with Crippen molar-refractivity contribution in [2.45, 2.75) is 19.6 Å². The van der Waals surface area contributed by atoms with Crippen LogP contribution >= 0.6 is 0 Å². The Hall–Kier alpha value is -2.24. The average Bonchev–Trinajstić information content (AvgIpc) is 2.90. The zero-order valence-electron chi connectivity index (χ0n) is 11.6. The molecular formula is C16H17FN4. The van der Waals surface area contributed by atoms with E-state index in [-0.39, 0.29) is 5.82 Å². The van der Waals surface area contributed by atoms with Gasteiger partial charge in [-0.25, -0.2) is 9.37 Å². The summed E-state index contributed by atoms with van der Waals surface area (Å²) in [7, 11) is 0. The fraction of sp³-hybridized carbons (Fsp3) is 0.188. The molecule has 108 valence electrons. The van der Waals surface area contributed by atoms with Gasteiger partial charge in [0.05, 0.1) is 17.6 Å². The zero-order chi connectivity index (χ0) is 14.7. The summed E-state index contributed by atoms with van der Waals surface area (Å²) in [6.45, 7) is 1.55. The topological polar surface area (TPSA) is 66.7 Å². The Kier molecular flexibility index (Phi) is 3.94. The van der Waals surface area contributed by atoms with Gasteiger partial charge in [0.1, 0.15) is 11.6 Å². The van der Waals surface area contributed by atoms with E-state index in [0.29, 0.717) is 19.6 Å². The Bertz CT molecular complexity index is 718. The second kappa shape index (κ2) is 6.03. The normalized spacial score (nSPS) is 11.1. The number of H-pyrrole nitrogens is 1. The highest BCUT2D eigenvalue weighted by atomic mass is 19.1. The number of nitrogens with one attached hydrogen (secondary N) is 2. The van der Waals surface area contributed by atoms with Crippen molar-refractivity contribution in [1.29, 1.82) is 0 Å². The molecule has 0 saturated heterocycles. The summed E-state index contributed by atoms with van der Waals surface area (Å²) in [5, 5.41) is 3.26. The van der Waals surface area contributed by atoms with E-state index in [1.54, 1.807) is 6.07 Å². The largest absolute Gasteiger partial charge is 0.341 e. The van der Waals surface area contributed by atoms with Gasteiger partial charge >= 0.3 is 0 Å². The number of nitrogens with zero attached hydrogens (tertiary/aromatic N) is 1. The van der Waals surface area contributed by atoms with Crippen molar-refractivity contribution < 1.29 is 4.39 Å². The molecule has 1 heterocycles. The first kappa shape index (κ1) is 13.7. The number of imidazole rings is 1. The molecule has 0 radical (unpaired) electrons. The molecule has 0 saturated carbocycles. The van der Waals surface area contributed by atoms with Crippen LogP contribution in [-0.4, -0.2) is 9.97 Å². The minimum atomic E-state index is -0.243. The van der Waals surface area contributed by atoms with Gasteiger partial charge in [-0.3, -0.25) is 0 Å². The lowest BCUT2D eigenvalue weighted by Crippen LogP contribution is -2.16. The number of rotatable bonds is 5. The maximum Gasteiger partial charge on any atom is 0.123 e. The van der Waals surface area contributed by atoms with Gasteiger partial charge in [0.15, 0.2) is 0 Å². The molecular weight excluding hydrogens is 267 g/mol. The highest BCUT2D eigenvalue weighted by Gasteiger charge is 2.05. The molecule has 3 aromatic rings. The Labute approximate surface area is 122 Å². The maximum absolute atomic E-state index is 13.3. The van der Waals surface area contributed by atoms with Crippen LogP contribution in [0.15, 0.2) is 42.5 Å². The van der Waals surface area contributed by atoms with Crippen molar-refractivity contribution in [2.24, 2.45) is 5.73 Å². The molecule has 0 aliphatic heterocycles. The van der Waals surface area contributed by atoms with Crippen LogP contribution < -0.4 is 11.1 Å². The Morgan fingerprint density at radius 3 is 2.76 bits per heavy atom. The molecule has 21 heavy (non-hydrogen) atoms. The molecule has 0 fully saturated rings. The van der Waals surface area contributed by atoms with E-state index in [1.807, 2.05) is 24.3 Å². The fourth-order valence-electron chi connectivity index (χ4n) is 2.36.